The zero-order valence-corrected chi connectivity index (χ0v) is 10.5. The summed E-state index contributed by atoms with van der Waals surface area (Å²) in [5.41, 5.74) is 3.48. The molecular weight excluding hydrogens is 238 g/mol. The van der Waals surface area contributed by atoms with E-state index in [1.165, 1.54) is 5.56 Å². The highest BCUT2D eigenvalue weighted by Crippen LogP contribution is 2.08. The first-order chi connectivity index (χ1) is 9.42. The van der Waals surface area contributed by atoms with Crippen molar-refractivity contribution in [1.29, 1.82) is 0 Å². The van der Waals surface area contributed by atoms with Gasteiger partial charge in [-0.1, -0.05) is 12.1 Å². The summed E-state index contributed by atoms with van der Waals surface area (Å²) in [5.74, 6) is 0. The van der Waals surface area contributed by atoms with Crippen LogP contribution in [0.5, 0.6) is 0 Å². The summed E-state index contributed by atoms with van der Waals surface area (Å²) < 4.78 is 1.85. The number of nitrogens with one attached hydrogen (secondary N) is 2. The Morgan fingerprint density at radius 2 is 1.95 bits per heavy atom. The quantitative estimate of drug-likeness (QED) is 0.730. The van der Waals surface area contributed by atoms with Gasteiger partial charge >= 0.3 is 0 Å². The Bertz CT molecular complexity index is 596. The van der Waals surface area contributed by atoms with E-state index in [9.17, 15) is 0 Å². The van der Waals surface area contributed by atoms with Gasteiger partial charge in [0.1, 0.15) is 0 Å². The lowest BCUT2D eigenvalue weighted by atomic mass is 10.2. The molecule has 0 atom stereocenters. The lowest BCUT2D eigenvalue weighted by molar-refractivity contribution is 0.693. The maximum Gasteiger partial charge on any atom is 0.0645 e. The van der Waals surface area contributed by atoms with E-state index in [4.69, 9.17) is 0 Å². The average molecular weight is 253 g/mol. The van der Waals surface area contributed by atoms with Crippen LogP contribution in [0.15, 0.2) is 55.1 Å². The zero-order valence-electron chi connectivity index (χ0n) is 10.5. The Balaban J connectivity index is 1.57. The molecule has 5 heteroatoms. The van der Waals surface area contributed by atoms with Crippen molar-refractivity contribution in [3.8, 4) is 5.69 Å². The summed E-state index contributed by atoms with van der Waals surface area (Å²) in [4.78, 5) is 0. The van der Waals surface area contributed by atoms with E-state index in [-0.39, 0.29) is 0 Å². The Labute approximate surface area is 111 Å². The van der Waals surface area contributed by atoms with Crippen LogP contribution in [-0.4, -0.2) is 20.0 Å². The van der Waals surface area contributed by atoms with E-state index < -0.39 is 0 Å². The lowest BCUT2D eigenvalue weighted by Gasteiger charge is -2.05. The number of benzene rings is 1. The van der Waals surface area contributed by atoms with Crippen molar-refractivity contribution in [2.45, 2.75) is 13.1 Å². The van der Waals surface area contributed by atoms with Crippen molar-refractivity contribution < 1.29 is 0 Å². The summed E-state index contributed by atoms with van der Waals surface area (Å²) in [6, 6.07) is 10.3. The molecule has 0 spiro atoms. The van der Waals surface area contributed by atoms with Crippen molar-refractivity contribution in [2.75, 3.05) is 0 Å². The first-order valence-electron chi connectivity index (χ1n) is 6.19. The van der Waals surface area contributed by atoms with Crippen molar-refractivity contribution >= 4 is 0 Å². The van der Waals surface area contributed by atoms with Crippen LogP contribution in [0.2, 0.25) is 0 Å². The van der Waals surface area contributed by atoms with Crippen molar-refractivity contribution in [3.63, 3.8) is 0 Å². The summed E-state index contributed by atoms with van der Waals surface area (Å²) in [6.45, 7) is 1.65. The Hall–Kier alpha value is -2.40. The largest absolute Gasteiger partial charge is 0.309 e. The number of hydrogen-bond acceptors (Lipinski definition) is 3. The predicted molar refractivity (Wildman–Crippen MR) is 72.7 cm³/mol. The summed E-state index contributed by atoms with van der Waals surface area (Å²) in [5, 5.41) is 14.3. The van der Waals surface area contributed by atoms with Crippen LogP contribution in [0.4, 0.5) is 0 Å². The third kappa shape index (κ3) is 2.89. The number of aromatic nitrogens is 4. The molecule has 0 aliphatic heterocycles. The van der Waals surface area contributed by atoms with Gasteiger partial charge in [-0.05, 0) is 23.8 Å². The number of nitrogens with zero attached hydrogens (tertiary/aromatic N) is 3. The molecule has 0 bridgehead atoms. The van der Waals surface area contributed by atoms with Crippen LogP contribution in [0.25, 0.3) is 5.69 Å². The first kappa shape index (κ1) is 11.7. The molecule has 1 aromatic carbocycles. The highest BCUT2D eigenvalue weighted by Gasteiger charge is 1.98. The SMILES string of the molecule is c1cnn(-c2ccc(CNCc3cn[nH]c3)cc2)c1. The van der Waals surface area contributed by atoms with E-state index in [2.05, 4.69) is 44.9 Å². The van der Waals surface area contributed by atoms with Gasteiger partial charge in [-0.25, -0.2) is 4.68 Å². The Morgan fingerprint density at radius 3 is 2.63 bits per heavy atom. The smallest absolute Gasteiger partial charge is 0.0645 e. The second kappa shape index (κ2) is 5.49. The third-order valence-corrected chi connectivity index (χ3v) is 2.92. The molecule has 0 saturated carbocycles. The summed E-state index contributed by atoms with van der Waals surface area (Å²) >= 11 is 0. The van der Waals surface area contributed by atoms with Gasteiger partial charge in [-0.3, -0.25) is 5.10 Å². The molecule has 2 heterocycles. The standard InChI is InChI=1S/C14H15N5/c1-6-18-19(7-1)14-4-2-12(3-5-14)8-15-9-13-10-16-17-11-13/h1-7,10-11,15H,8-9H2,(H,16,17). The van der Waals surface area contributed by atoms with Gasteiger partial charge in [0.2, 0.25) is 0 Å². The second-order valence-electron chi connectivity index (χ2n) is 4.33. The molecule has 0 aliphatic rings. The maximum absolute atomic E-state index is 4.20. The maximum atomic E-state index is 4.20. The first-order valence-corrected chi connectivity index (χ1v) is 6.19. The molecule has 2 N–H and O–H groups in total. The molecule has 19 heavy (non-hydrogen) atoms. The Morgan fingerprint density at radius 1 is 1.11 bits per heavy atom. The molecular formula is C14H15N5. The summed E-state index contributed by atoms with van der Waals surface area (Å²) in [6.07, 6.45) is 7.44. The van der Waals surface area contributed by atoms with Crippen LogP contribution in [0.3, 0.4) is 0 Å². The van der Waals surface area contributed by atoms with E-state index in [0.29, 0.717) is 0 Å². The average Bonchev–Trinajstić information content (AvgIpc) is 3.13. The van der Waals surface area contributed by atoms with Crippen LogP contribution in [0, 0.1) is 0 Å². The molecule has 0 saturated heterocycles. The fraction of sp³-hybridized carbons (Fsp3) is 0.143. The van der Waals surface area contributed by atoms with Gasteiger partial charge in [0, 0.05) is 37.2 Å². The minimum atomic E-state index is 0.817. The molecule has 3 rings (SSSR count). The number of aromatic amines is 1. The number of rotatable bonds is 5. The van der Waals surface area contributed by atoms with Crippen LogP contribution in [-0.2, 0) is 13.1 Å². The highest BCUT2D eigenvalue weighted by molar-refractivity contribution is 5.33. The lowest BCUT2D eigenvalue weighted by Crippen LogP contribution is -2.12. The normalized spacial score (nSPS) is 10.7. The topological polar surface area (TPSA) is 58.5 Å². The van der Waals surface area contributed by atoms with Gasteiger partial charge in [0.15, 0.2) is 0 Å². The van der Waals surface area contributed by atoms with Gasteiger partial charge in [0.25, 0.3) is 0 Å². The van der Waals surface area contributed by atoms with E-state index in [0.717, 1.165) is 24.3 Å². The van der Waals surface area contributed by atoms with E-state index >= 15 is 0 Å². The summed E-state index contributed by atoms with van der Waals surface area (Å²) in [7, 11) is 0. The third-order valence-electron chi connectivity index (χ3n) is 2.92. The minimum absolute atomic E-state index is 0.817. The minimum Gasteiger partial charge on any atom is -0.309 e. The molecule has 0 radical (unpaired) electrons. The highest BCUT2D eigenvalue weighted by atomic mass is 15.3. The van der Waals surface area contributed by atoms with Gasteiger partial charge in [0.05, 0.1) is 11.9 Å². The van der Waals surface area contributed by atoms with Gasteiger partial charge < -0.3 is 5.32 Å². The van der Waals surface area contributed by atoms with Gasteiger partial charge in [-0.2, -0.15) is 10.2 Å². The molecule has 5 nitrogen and oxygen atoms in total. The molecule has 2 aromatic heterocycles. The van der Waals surface area contributed by atoms with Crippen LogP contribution in [0.1, 0.15) is 11.1 Å². The molecule has 0 fully saturated rings. The van der Waals surface area contributed by atoms with Gasteiger partial charge in [-0.15, -0.1) is 0 Å². The van der Waals surface area contributed by atoms with Crippen LogP contribution >= 0.6 is 0 Å². The second-order valence-corrected chi connectivity index (χ2v) is 4.33. The zero-order chi connectivity index (χ0) is 12.9. The van der Waals surface area contributed by atoms with E-state index in [1.54, 1.807) is 6.20 Å². The van der Waals surface area contributed by atoms with Crippen molar-refractivity contribution in [2.24, 2.45) is 0 Å². The molecule has 0 amide bonds. The molecule has 3 aromatic rings. The Kier molecular flexibility index (Phi) is 3.38. The fourth-order valence-corrected chi connectivity index (χ4v) is 1.91. The number of H-pyrrole nitrogens is 1. The van der Waals surface area contributed by atoms with Crippen LogP contribution < -0.4 is 5.32 Å². The van der Waals surface area contributed by atoms with E-state index in [1.807, 2.05) is 29.3 Å². The predicted octanol–water partition coefficient (Wildman–Crippen LogP) is 1.89. The number of hydrogen-bond donors (Lipinski definition) is 2. The van der Waals surface area contributed by atoms with Crippen molar-refractivity contribution in [1.82, 2.24) is 25.3 Å². The fourth-order valence-electron chi connectivity index (χ4n) is 1.91. The monoisotopic (exact) mass is 253 g/mol. The molecule has 0 aliphatic carbocycles. The molecule has 0 unspecified atom stereocenters. The van der Waals surface area contributed by atoms with Crippen molar-refractivity contribution in [3.05, 3.63) is 66.2 Å². The molecule has 96 valence electrons.